The molecule has 0 heterocycles. The minimum Gasteiger partial charge on any atom is -0.478 e. The number of aliphatic carboxylic acids is 1. The predicted molar refractivity (Wildman–Crippen MR) is 78.3 cm³/mol. The van der Waals surface area contributed by atoms with Crippen molar-refractivity contribution in [2.75, 3.05) is 39.3 Å². The van der Waals surface area contributed by atoms with Crippen LogP contribution in [0.3, 0.4) is 0 Å². The molecule has 7 heteroatoms. The van der Waals surface area contributed by atoms with E-state index in [4.69, 9.17) is 5.11 Å². The van der Waals surface area contributed by atoms with Crippen molar-refractivity contribution in [3.05, 3.63) is 24.4 Å². The van der Waals surface area contributed by atoms with Crippen molar-refractivity contribution >= 4 is 11.9 Å². The highest BCUT2D eigenvalue weighted by Gasteiger charge is 1.95. The molecule has 0 aliphatic heterocycles. The van der Waals surface area contributed by atoms with E-state index in [0.29, 0.717) is 13.1 Å². The lowest BCUT2D eigenvalue weighted by Crippen LogP contribution is -2.35. The molecule has 0 saturated heterocycles. The topological polar surface area (TPSA) is 102 Å². The predicted octanol–water partition coefficient (Wildman–Crippen LogP) is -0.954. The first-order valence-electron chi connectivity index (χ1n) is 6.61. The number of carboxylic acids is 1. The molecular weight excluding hydrogens is 260 g/mol. The van der Waals surface area contributed by atoms with Crippen molar-refractivity contribution in [2.24, 2.45) is 0 Å². The maximum Gasteiger partial charge on any atom is 0.328 e. The summed E-state index contributed by atoms with van der Waals surface area (Å²) in [6, 6.07) is 0. The van der Waals surface area contributed by atoms with Crippen LogP contribution < -0.4 is 21.3 Å². The molecule has 20 heavy (non-hydrogen) atoms. The Bertz CT molecular complexity index is 330. The van der Waals surface area contributed by atoms with Crippen molar-refractivity contribution in [1.29, 1.82) is 0 Å². The smallest absolute Gasteiger partial charge is 0.328 e. The number of rotatable bonds is 12. The normalized spacial score (nSPS) is 11.1. The highest BCUT2D eigenvalue weighted by molar-refractivity contribution is 5.93. The molecule has 0 spiro atoms. The molecule has 0 aliphatic rings. The molecule has 0 aromatic heterocycles. The van der Waals surface area contributed by atoms with E-state index < -0.39 is 11.9 Å². The van der Waals surface area contributed by atoms with Crippen molar-refractivity contribution in [2.45, 2.75) is 6.92 Å². The van der Waals surface area contributed by atoms with Gasteiger partial charge >= 0.3 is 5.97 Å². The number of carboxylic acid groups (broad SMARTS) is 1. The summed E-state index contributed by atoms with van der Waals surface area (Å²) in [6.07, 6.45) is 5.67. The van der Waals surface area contributed by atoms with Gasteiger partial charge < -0.3 is 26.4 Å². The lowest BCUT2D eigenvalue weighted by Gasteiger charge is -2.07. The zero-order chi connectivity index (χ0) is 15.1. The van der Waals surface area contributed by atoms with E-state index >= 15 is 0 Å². The minimum atomic E-state index is -1.13. The van der Waals surface area contributed by atoms with Crippen LogP contribution in [0.25, 0.3) is 0 Å². The fourth-order valence-electron chi connectivity index (χ4n) is 1.27. The van der Waals surface area contributed by atoms with Crippen molar-refractivity contribution in [1.82, 2.24) is 21.3 Å². The van der Waals surface area contributed by atoms with E-state index in [-0.39, 0.29) is 0 Å². The third kappa shape index (κ3) is 14.2. The van der Waals surface area contributed by atoms with Crippen molar-refractivity contribution < 1.29 is 14.7 Å². The second-order valence-electron chi connectivity index (χ2n) is 3.92. The Labute approximate surface area is 119 Å². The van der Waals surface area contributed by atoms with Crippen LogP contribution in [-0.2, 0) is 9.59 Å². The number of hydrogen-bond acceptors (Lipinski definition) is 5. The molecular formula is C13H24N4O3. The number of nitrogens with one attached hydrogen (secondary N) is 4. The molecule has 5 N–H and O–H groups in total. The molecule has 0 aliphatic carbocycles. The third-order valence-electron chi connectivity index (χ3n) is 2.19. The summed E-state index contributed by atoms with van der Waals surface area (Å²) in [5, 5.41) is 20.4. The molecule has 0 rings (SSSR count). The van der Waals surface area contributed by atoms with Gasteiger partial charge in [-0.15, -0.1) is 0 Å². The minimum absolute atomic E-state index is 0.401. The van der Waals surface area contributed by atoms with Gasteiger partial charge in [0, 0.05) is 51.4 Å². The van der Waals surface area contributed by atoms with Crippen LogP contribution in [0.4, 0.5) is 0 Å². The first-order chi connectivity index (χ1) is 9.66. The first kappa shape index (κ1) is 18.1. The zero-order valence-electron chi connectivity index (χ0n) is 11.8. The lowest BCUT2D eigenvalue weighted by atomic mass is 10.4. The van der Waals surface area contributed by atoms with Gasteiger partial charge in [0.25, 0.3) is 0 Å². The van der Waals surface area contributed by atoms with Crippen molar-refractivity contribution in [3.8, 4) is 0 Å². The number of hydrogen-bond donors (Lipinski definition) is 5. The number of amides is 1. The fourth-order valence-corrected chi connectivity index (χ4v) is 1.27. The molecule has 114 valence electrons. The van der Waals surface area contributed by atoms with E-state index in [9.17, 15) is 9.59 Å². The Morgan fingerprint density at radius 3 is 2.15 bits per heavy atom. The van der Waals surface area contributed by atoms with E-state index in [2.05, 4.69) is 21.3 Å². The van der Waals surface area contributed by atoms with Gasteiger partial charge in [-0.1, -0.05) is 6.08 Å². The Balaban J connectivity index is 3.24. The van der Waals surface area contributed by atoms with Crippen LogP contribution in [-0.4, -0.2) is 56.3 Å². The fraction of sp³-hybridized carbons (Fsp3) is 0.538. The van der Waals surface area contributed by atoms with Crippen LogP contribution in [0.5, 0.6) is 0 Å². The molecule has 7 nitrogen and oxygen atoms in total. The summed E-state index contributed by atoms with van der Waals surface area (Å²) in [5.74, 6) is -1.53. The summed E-state index contributed by atoms with van der Waals surface area (Å²) in [6.45, 7) is 6.51. The molecule has 0 unspecified atom stereocenters. The van der Waals surface area contributed by atoms with Gasteiger partial charge in [-0.3, -0.25) is 4.79 Å². The maximum absolute atomic E-state index is 11.1. The van der Waals surface area contributed by atoms with E-state index in [1.807, 2.05) is 19.2 Å². The van der Waals surface area contributed by atoms with Gasteiger partial charge in [-0.05, 0) is 13.1 Å². The second-order valence-corrected chi connectivity index (χ2v) is 3.92. The SMILES string of the molecule is C/C=C/NCCNCCNCCNC(=O)/C=C/C(=O)O. The van der Waals surface area contributed by atoms with Crippen LogP contribution >= 0.6 is 0 Å². The summed E-state index contributed by atoms with van der Waals surface area (Å²) in [4.78, 5) is 21.3. The van der Waals surface area contributed by atoms with Gasteiger partial charge in [0.05, 0.1) is 0 Å². The van der Waals surface area contributed by atoms with Gasteiger partial charge in [0.2, 0.25) is 5.91 Å². The van der Waals surface area contributed by atoms with Crippen molar-refractivity contribution in [3.63, 3.8) is 0 Å². The Kier molecular flexibility index (Phi) is 12.3. The average molecular weight is 284 g/mol. The second kappa shape index (κ2) is 13.6. The van der Waals surface area contributed by atoms with Gasteiger partial charge in [0.15, 0.2) is 0 Å². The quantitative estimate of drug-likeness (QED) is 0.234. The molecule has 0 saturated carbocycles. The maximum atomic E-state index is 11.1. The summed E-state index contributed by atoms with van der Waals surface area (Å²) >= 11 is 0. The summed E-state index contributed by atoms with van der Waals surface area (Å²) in [5.41, 5.74) is 0. The van der Waals surface area contributed by atoms with E-state index in [1.54, 1.807) is 0 Å². The van der Waals surface area contributed by atoms with Crippen LogP contribution in [0.2, 0.25) is 0 Å². The first-order valence-corrected chi connectivity index (χ1v) is 6.61. The standard InChI is InChI=1S/C13H24N4O3/c1-2-5-14-6-7-15-8-9-16-10-11-17-12(18)3-4-13(19)20/h2-5,14-16H,6-11H2,1H3,(H,17,18)(H,19,20)/b4-3+,5-2+. The number of carbonyl (C=O) groups excluding carboxylic acids is 1. The molecule has 0 aromatic carbocycles. The monoisotopic (exact) mass is 284 g/mol. The number of allylic oxidation sites excluding steroid dienone is 1. The highest BCUT2D eigenvalue weighted by atomic mass is 16.4. The molecule has 0 radical (unpaired) electrons. The third-order valence-corrected chi connectivity index (χ3v) is 2.19. The van der Waals surface area contributed by atoms with E-state index in [0.717, 1.165) is 38.3 Å². The van der Waals surface area contributed by atoms with Gasteiger partial charge in [-0.2, -0.15) is 0 Å². The summed E-state index contributed by atoms with van der Waals surface area (Å²) < 4.78 is 0. The van der Waals surface area contributed by atoms with Crippen LogP contribution in [0.15, 0.2) is 24.4 Å². The van der Waals surface area contributed by atoms with E-state index in [1.165, 1.54) is 0 Å². The highest BCUT2D eigenvalue weighted by Crippen LogP contribution is 1.73. The molecule has 0 atom stereocenters. The van der Waals surface area contributed by atoms with Crippen LogP contribution in [0, 0.1) is 0 Å². The zero-order valence-corrected chi connectivity index (χ0v) is 11.8. The largest absolute Gasteiger partial charge is 0.478 e. The Hall–Kier alpha value is -1.86. The molecule has 0 aromatic rings. The average Bonchev–Trinajstić information content (AvgIpc) is 2.42. The number of carbonyl (C=O) groups is 2. The van der Waals surface area contributed by atoms with Gasteiger partial charge in [-0.25, -0.2) is 4.79 Å². The van der Waals surface area contributed by atoms with Crippen LogP contribution in [0.1, 0.15) is 6.92 Å². The Morgan fingerprint density at radius 2 is 1.55 bits per heavy atom. The lowest BCUT2D eigenvalue weighted by molar-refractivity contribution is -0.131. The Morgan fingerprint density at radius 1 is 0.950 bits per heavy atom. The van der Waals surface area contributed by atoms with Gasteiger partial charge in [0.1, 0.15) is 0 Å². The summed E-state index contributed by atoms with van der Waals surface area (Å²) in [7, 11) is 0. The molecule has 1 amide bonds. The molecule has 0 bridgehead atoms. The molecule has 0 fully saturated rings.